The molecule has 0 spiro atoms. The van der Waals surface area contributed by atoms with Crippen LogP contribution in [-0.4, -0.2) is 36.6 Å². The fourth-order valence-corrected chi connectivity index (χ4v) is 4.78. The van der Waals surface area contributed by atoms with Gasteiger partial charge in [0.2, 0.25) is 0 Å². The first-order valence-corrected chi connectivity index (χ1v) is 14.1. The molecule has 10 nitrogen and oxygen atoms in total. The largest absolute Gasteiger partial charge is 0.381 e. The summed E-state index contributed by atoms with van der Waals surface area (Å²) in [5, 5.41) is 12.8. The highest BCUT2D eigenvalue weighted by atomic mass is 16.1. The van der Waals surface area contributed by atoms with Crippen molar-refractivity contribution in [3.63, 3.8) is 0 Å². The van der Waals surface area contributed by atoms with Gasteiger partial charge in [-0.15, -0.1) is 5.10 Å². The molecule has 1 aliphatic heterocycles. The molecule has 4 heterocycles. The molecule has 6 rings (SSSR count). The predicted molar refractivity (Wildman–Crippen MR) is 173 cm³/mol. The van der Waals surface area contributed by atoms with Crippen LogP contribution in [0.15, 0.2) is 71.7 Å². The first kappa shape index (κ1) is 30.4. The highest BCUT2D eigenvalue weighted by Gasteiger charge is 2.20. The minimum Gasteiger partial charge on any atom is -0.381 e. The Morgan fingerprint density at radius 3 is 2.42 bits per heavy atom. The molecular weight excluding hydrogens is 540 g/mol. The maximum Gasteiger partial charge on any atom is 0.264 e. The van der Waals surface area contributed by atoms with Gasteiger partial charge in [0.25, 0.3) is 11.5 Å². The van der Waals surface area contributed by atoms with Gasteiger partial charge in [-0.25, -0.2) is 4.68 Å². The number of aryl methyl sites for hydroxylation is 3. The molecule has 0 atom stereocenters. The number of nitrogen functional groups attached to an aromatic ring is 1. The van der Waals surface area contributed by atoms with Crippen molar-refractivity contribution in [2.75, 3.05) is 17.6 Å². The van der Waals surface area contributed by atoms with E-state index in [2.05, 4.69) is 40.3 Å². The molecular formula is C33H36N8O2. The van der Waals surface area contributed by atoms with Crippen molar-refractivity contribution in [1.82, 2.24) is 24.1 Å². The summed E-state index contributed by atoms with van der Waals surface area (Å²) < 4.78 is 5.04. The van der Waals surface area contributed by atoms with E-state index in [1.54, 1.807) is 15.4 Å². The van der Waals surface area contributed by atoms with Gasteiger partial charge in [-0.2, -0.15) is 5.10 Å². The van der Waals surface area contributed by atoms with Crippen LogP contribution in [0.3, 0.4) is 0 Å². The molecule has 1 amide bonds. The quantitative estimate of drug-likeness (QED) is 0.271. The van der Waals surface area contributed by atoms with E-state index in [4.69, 9.17) is 11.5 Å². The Morgan fingerprint density at radius 2 is 1.77 bits per heavy atom. The SMILES string of the molecule is CC.CCc1cc2cccc(C#Cc3cn(C)nc3C)c2c(=O)n1-c1ccccc1.NC(=O)c1c(N)nn2c1NCC=C2. The average molecular weight is 577 g/mol. The Morgan fingerprint density at radius 1 is 1.05 bits per heavy atom. The van der Waals surface area contributed by atoms with Gasteiger partial charge in [0.1, 0.15) is 11.4 Å². The summed E-state index contributed by atoms with van der Waals surface area (Å²) in [6.07, 6.45) is 6.26. The number of hydrogen-bond donors (Lipinski definition) is 3. The Labute approximate surface area is 250 Å². The van der Waals surface area contributed by atoms with E-state index < -0.39 is 5.91 Å². The number of anilines is 2. The zero-order valence-electron chi connectivity index (χ0n) is 25.0. The van der Waals surface area contributed by atoms with E-state index in [-0.39, 0.29) is 16.9 Å². The summed E-state index contributed by atoms with van der Waals surface area (Å²) >= 11 is 0. The van der Waals surface area contributed by atoms with Gasteiger partial charge in [-0.05, 0) is 49.1 Å². The van der Waals surface area contributed by atoms with E-state index in [1.165, 1.54) is 4.68 Å². The second kappa shape index (κ2) is 13.4. The van der Waals surface area contributed by atoms with Gasteiger partial charge in [-0.1, -0.05) is 62.9 Å². The minimum absolute atomic E-state index is 0.0339. The first-order chi connectivity index (χ1) is 20.8. The van der Waals surface area contributed by atoms with Gasteiger partial charge in [-0.3, -0.25) is 18.8 Å². The van der Waals surface area contributed by atoms with Gasteiger partial charge in [0.05, 0.1) is 16.6 Å². The standard InChI is InChI=1S/C24H21N3O.C7H9N5O.C2H6/c1-4-21-15-19-10-8-9-18(13-14-20-16-26(3)25-17(20)2)23(19)24(28)27(21)22-11-6-5-7-12-22;8-5-4(6(9)13)7-10-2-1-3-12(7)11-5;1-2/h5-12,15-16H,4H2,1-3H3;1,3,10H,2H2,(H2,8,11)(H2,9,13);1-2H3. The number of nitrogens with one attached hydrogen (secondary N) is 1. The lowest BCUT2D eigenvalue weighted by Gasteiger charge is -2.14. The zero-order valence-corrected chi connectivity index (χ0v) is 25.0. The number of amides is 1. The number of aromatic nitrogens is 5. The van der Waals surface area contributed by atoms with Gasteiger partial charge in [0, 0.05) is 42.9 Å². The smallest absolute Gasteiger partial charge is 0.264 e. The number of carbonyl (C=O) groups excluding carboxylic acids is 1. The van der Waals surface area contributed by atoms with E-state index in [1.807, 2.05) is 88.6 Å². The number of para-hydroxylation sites is 1. The van der Waals surface area contributed by atoms with Crippen molar-refractivity contribution in [3.8, 4) is 17.5 Å². The third-order valence-corrected chi connectivity index (χ3v) is 6.66. The molecule has 0 unspecified atom stereocenters. The fourth-order valence-electron chi connectivity index (χ4n) is 4.78. The maximum absolute atomic E-state index is 13.5. The molecule has 0 bridgehead atoms. The van der Waals surface area contributed by atoms with E-state index in [9.17, 15) is 9.59 Å². The second-order valence-corrected chi connectivity index (χ2v) is 9.47. The number of nitrogens with two attached hydrogens (primary N) is 2. The number of pyridine rings is 1. The van der Waals surface area contributed by atoms with E-state index in [0.717, 1.165) is 40.0 Å². The molecule has 5 N–H and O–H groups in total. The number of carbonyl (C=O) groups is 1. The summed E-state index contributed by atoms with van der Waals surface area (Å²) in [4.78, 5) is 24.5. The third-order valence-electron chi connectivity index (χ3n) is 6.66. The predicted octanol–water partition coefficient (Wildman–Crippen LogP) is 4.48. The topological polar surface area (TPSA) is 139 Å². The number of hydrogen-bond acceptors (Lipinski definition) is 6. The van der Waals surface area contributed by atoms with Crippen molar-refractivity contribution >= 4 is 34.5 Å². The van der Waals surface area contributed by atoms with E-state index >= 15 is 0 Å². The lowest BCUT2D eigenvalue weighted by molar-refractivity contribution is 0.100. The molecule has 220 valence electrons. The molecule has 0 fully saturated rings. The molecule has 2 aromatic carbocycles. The van der Waals surface area contributed by atoms with Gasteiger partial charge in [0.15, 0.2) is 5.82 Å². The van der Waals surface area contributed by atoms with E-state index in [0.29, 0.717) is 17.7 Å². The molecule has 0 aliphatic carbocycles. The molecule has 3 aromatic heterocycles. The molecule has 0 saturated heterocycles. The third kappa shape index (κ3) is 6.36. The van der Waals surface area contributed by atoms with Gasteiger partial charge >= 0.3 is 0 Å². The van der Waals surface area contributed by atoms with Crippen LogP contribution >= 0.6 is 0 Å². The van der Waals surface area contributed by atoms with Crippen LogP contribution in [0, 0.1) is 18.8 Å². The van der Waals surface area contributed by atoms with Crippen LogP contribution in [0.5, 0.6) is 0 Å². The number of benzene rings is 2. The van der Waals surface area contributed by atoms with Crippen molar-refractivity contribution in [3.05, 3.63) is 105 Å². The van der Waals surface area contributed by atoms with Crippen molar-refractivity contribution in [2.24, 2.45) is 12.8 Å². The second-order valence-electron chi connectivity index (χ2n) is 9.47. The summed E-state index contributed by atoms with van der Waals surface area (Å²) in [5.74, 6) is 6.52. The van der Waals surface area contributed by atoms with Crippen molar-refractivity contribution in [2.45, 2.75) is 34.1 Å². The highest BCUT2D eigenvalue weighted by Crippen LogP contribution is 2.23. The normalized spacial score (nSPS) is 11.2. The summed E-state index contributed by atoms with van der Waals surface area (Å²) in [7, 11) is 1.88. The van der Waals surface area contributed by atoms with Gasteiger partial charge < -0.3 is 16.8 Å². The Kier molecular flexibility index (Phi) is 9.47. The molecule has 43 heavy (non-hydrogen) atoms. The Bertz CT molecular complexity index is 1920. The van der Waals surface area contributed by atoms with Crippen LogP contribution < -0.4 is 22.3 Å². The number of nitrogens with zero attached hydrogens (tertiary/aromatic N) is 5. The lowest BCUT2D eigenvalue weighted by atomic mass is 10.0. The molecule has 1 aliphatic rings. The zero-order chi connectivity index (χ0) is 31.1. The minimum atomic E-state index is -0.568. The lowest BCUT2D eigenvalue weighted by Crippen LogP contribution is -2.22. The maximum atomic E-state index is 13.5. The number of rotatable bonds is 3. The van der Waals surface area contributed by atoms with Crippen LogP contribution in [0.2, 0.25) is 0 Å². The van der Waals surface area contributed by atoms with Crippen LogP contribution in [0.4, 0.5) is 11.6 Å². The molecule has 0 radical (unpaired) electrons. The molecule has 5 aromatic rings. The molecule has 10 heteroatoms. The number of primary amides is 1. The summed E-state index contributed by atoms with van der Waals surface area (Å²) in [6, 6.07) is 17.7. The Hall–Kier alpha value is -5.56. The monoisotopic (exact) mass is 576 g/mol. The fraction of sp³-hybridized carbons (Fsp3) is 0.212. The van der Waals surface area contributed by atoms with Crippen LogP contribution in [0.1, 0.15) is 53.6 Å². The Balaban J connectivity index is 0.000000235. The van der Waals surface area contributed by atoms with Crippen LogP contribution in [-0.2, 0) is 13.5 Å². The average Bonchev–Trinajstić information content (AvgIpc) is 3.53. The first-order valence-electron chi connectivity index (χ1n) is 14.1. The molecule has 0 saturated carbocycles. The van der Waals surface area contributed by atoms with Crippen molar-refractivity contribution < 1.29 is 4.79 Å². The summed E-state index contributed by atoms with van der Waals surface area (Å²) in [6.45, 7) is 8.64. The highest BCUT2D eigenvalue weighted by molar-refractivity contribution is 6.02. The summed E-state index contributed by atoms with van der Waals surface area (Å²) in [5.41, 5.74) is 15.2. The van der Waals surface area contributed by atoms with Crippen molar-refractivity contribution in [1.29, 1.82) is 0 Å². The van der Waals surface area contributed by atoms with Crippen LogP contribution in [0.25, 0.3) is 22.7 Å². The number of fused-ring (bicyclic) bond motifs is 2.